The van der Waals surface area contributed by atoms with Gasteiger partial charge in [0.15, 0.2) is 0 Å². The molecular weight excluding hydrogens is 376 g/mol. The van der Waals surface area contributed by atoms with Crippen LogP contribution in [-0.2, 0) is 20.7 Å². The van der Waals surface area contributed by atoms with Gasteiger partial charge in [-0.15, -0.1) is 0 Å². The second kappa shape index (κ2) is 11.4. The molecule has 154 valence electrons. The van der Waals surface area contributed by atoms with E-state index in [9.17, 15) is 19.7 Å². The minimum atomic E-state index is -0.553. The number of amides is 1. The van der Waals surface area contributed by atoms with Gasteiger partial charge in [-0.3, -0.25) is 19.7 Å². The van der Waals surface area contributed by atoms with Crippen molar-refractivity contribution in [2.75, 3.05) is 19.0 Å². The second-order valence-electron chi connectivity index (χ2n) is 6.35. The molecule has 0 saturated heterocycles. The molecule has 0 saturated carbocycles. The van der Waals surface area contributed by atoms with Crippen molar-refractivity contribution in [3.05, 3.63) is 64.2 Å². The van der Waals surface area contributed by atoms with Crippen LogP contribution in [0.15, 0.2) is 48.5 Å². The highest BCUT2D eigenvalue weighted by molar-refractivity contribution is 5.92. The molecule has 0 unspecified atom stereocenters. The van der Waals surface area contributed by atoms with E-state index in [1.165, 1.54) is 30.9 Å². The quantitative estimate of drug-likeness (QED) is 0.265. The lowest BCUT2D eigenvalue weighted by atomic mass is 10.1. The van der Waals surface area contributed by atoms with E-state index < -0.39 is 4.92 Å². The Balaban J connectivity index is 1.68. The number of non-ortho nitro benzene ring substituents is 1. The normalized spacial score (nSPS) is 10.2. The Morgan fingerprint density at radius 2 is 1.83 bits per heavy atom. The topological polar surface area (TPSA) is 108 Å². The van der Waals surface area contributed by atoms with Gasteiger partial charge in [0.05, 0.1) is 24.3 Å². The third-order valence-corrected chi connectivity index (χ3v) is 4.17. The molecule has 1 amide bonds. The highest BCUT2D eigenvalue weighted by Crippen LogP contribution is 2.29. The van der Waals surface area contributed by atoms with Crippen molar-refractivity contribution >= 4 is 23.3 Å². The van der Waals surface area contributed by atoms with Crippen LogP contribution in [0.1, 0.15) is 31.2 Å². The van der Waals surface area contributed by atoms with Crippen LogP contribution < -0.4 is 10.1 Å². The maximum absolute atomic E-state index is 12.1. The Morgan fingerprint density at radius 3 is 2.52 bits per heavy atom. The molecule has 2 aromatic carbocycles. The molecule has 0 fully saturated rings. The fourth-order valence-electron chi connectivity index (χ4n) is 2.69. The van der Waals surface area contributed by atoms with E-state index in [1.807, 2.05) is 30.3 Å². The molecule has 2 rings (SSSR count). The average Bonchev–Trinajstić information content (AvgIpc) is 2.72. The van der Waals surface area contributed by atoms with Gasteiger partial charge in [0.2, 0.25) is 5.91 Å². The molecule has 0 radical (unpaired) electrons. The summed E-state index contributed by atoms with van der Waals surface area (Å²) in [7, 11) is 1.41. The molecule has 0 atom stereocenters. The van der Waals surface area contributed by atoms with Crippen LogP contribution >= 0.6 is 0 Å². The first-order chi connectivity index (χ1) is 14.0. The van der Waals surface area contributed by atoms with Gasteiger partial charge in [0.1, 0.15) is 5.75 Å². The van der Waals surface area contributed by atoms with Crippen molar-refractivity contribution in [2.24, 2.45) is 0 Å². The SMILES string of the molecule is COc1ccc([N+](=O)[O-])cc1NC(=O)CCCC(=O)OCCCc1ccccc1. The summed E-state index contributed by atoms with van der Waals surface area (Å²) in [6.45, 7) is 0.338. The summed E-state index contributed by atoms with van der Waals surface area (Å²) in [6, 6.07) is 13.9. The van der Waals surface area contributed by atoms with E-state index >= 15 is 0 Å². The molecule has 0 aliphatic carbocycles. The first-order valence-electron chi connectivity index (χ1n) is 9.31. The summed E-state index contributed by atoms with van der Waals surface area (Å²) in [5.74, 6) is -0.388. The van der Waals surface area contributed by atoms with E-state index in [1.54, 1.807) is 0 Å². The number of methoxy groups -OCH3 is 1. The average molecular weight is 400 g/mol. The Labute approximate surface area is 169 Å². The largest absolute Gasteiger partial charge is 0.495 e. The molecule has 0 aliphatic heterocycles. The minimum absolute atomic E-state index is 0.0883. The fraction of sp³-hybridized carbons (Fsp3) is 0.333. The molecule has 2 aromatic rings. The maximum atomic E-state index is 12.1. The number of hydrogen-bond acceptors (Lipinski definition) is 6. The van der Waals surface area contributed by atoms with Crippen LogP contribution in [0.5, 0.6) is 5.75 Å². The number of nitro benzene ring substituents is 1. The van der Waals surface area contributed by atoms with Gasteiger partial charge in [0.25, 0.3) is 5.69 Å². The van der Waals surface area contributed by atoms with Crippen molar-refractivity contribution in [2.45, 2.75) is 32.1 Å². The molecule has 8 heteroatoms. The lowest BCUT2D eigenvalue weighted by molar-refractivity contribution is -0.384. The number of hydrogen-bond donors (Lipinski definition) is 1. The zero-order chi connectivity index (χ0) is 21.1. The lowest BCUT2D eigenvalue weighted by Crippen LogP contribution is -2.13. The van der Waals surface area contributed by atoms with Crippen LogP contribution in [0.3, 0.4) is 0 Å². The number of benzene rings is 2. The van der Waals surface area contributed by atoms with Gasteiger partial charge in [-0.25, -0.2) is 0 Å². The number of nitro groups is 1. The number of esters is 1. The summed E-state index contributed by atoms with van der Waals surface area (Å²) < 4.78 is 10.3. The van der Waals surface area contributed by atoms with Gasteiger partial charge in [0, 0.05) is 25.0 Å². The Bertz CT molecular complexity index is 838. The van der Waals surface area contributed by atoms with Crippen LogP contribution in [0, 0.1) is 10.1 Å². The van der Waals surface area contributed by atoms with Crippen molar-refractivity contribution in [1.29, 1.82) is 0 Å². The molecule has 0 aliphatic rings. The zero-order valence-corrected chi connectivity index (χ0v) is 16.3. The van der Waals surface area contributed by atoms with E-state index in [4.69, 9.17) is 9.47 Å². The summed E-state index contributed by atoms with van der Waals surface area (Å²) in [5.41, 5.74) is 1.26. The Morgan fingerprint density at radius 1 is 1.07 bits per heavy atom. The van der Waals surface area contributed by atoms with Crippen LogP contribution in [0.25, 0.3) is 0 Å². The number of aryl methyl sites for hydroxylation is 1. The minimum Gasteiger partial charge on any atom is -0.495 e. The van der Waals surface area contributed by atoms with E-state index in [2.05, 4.69) is 5.32 Å². The van der Waals surface area contributed by atoms with Crippen molar-refractivity contribution < 1.29 is 24.0 Å². The third kappa shape index (κ3) is 7.61. The standard InChI is InChI=1S/C21H24N2O6/c1-28-19-13-12-17(23(26)27)15-18(19)22-20(24)10-5-11-21(25)29-14-6-9-16-7-3-2-4-8-16/h2-4,7-8,12-13,15H,5-6,9-11,14H2,1H3,(H,22,24). The van der Waals surface area contributed by atoms with E-state index in [-0.39, 0.29) is 36.1 Å². The summed E-state index contributed by atoms with van der Waals surface area (Å²) in [4.78, 5) is 34.2. The fourth-order valence-corrected chi connectivity index (χ4v) is 2.69. The summed E-state index contributed by atoms with van der Waals surface area (Å²) in [5, 5.41) is 13.5. The smallest absolute Gasteiger partial charge is 0.305 e. The van der Waals surface area contributed by atoms with E-state index in [0.717, 1.165) is 12.8 Å². The van der Waals surface area contributed by atoms with Crippen LogP contribution in [-0.4, -0.2) is 30.5 Å². The van der Waals surface area contributed by atoms with Gasteiger partial charge in [-0.1, -0.05) is 30.3 Å². The molecule has 8 nitrogen and oxygen atoms in total. The van der Waals surface area contributed by atoms with Gasteiger partial charge in [-0.2, -0.15) is 0 Å². The van der Waals surface area contributed by atoms with E-state index in [0.29, 0.717) is 18.8 Å². The molecule has 1 N–H and O–H groups in total. The molecule has 0 spiro atoms. The third-order valence-electron chi connectivity index (χ3n) is 4.17. The summed E-state index contributed by atoms with van der Waals surface area (Å²) >= 11 is 0. The number of nitrogens with one attached hydrogen (secondary N) is 1. The molecule has 0 aromatic heterocycles. The number of nitrogens with zero attached hydrogens (tertiary/aromatic N) is 1. The Kier molecular flexibility index (Phi) is 8.62. The van der Waals surface area contributed by atoms with Crippen LogP contribution in [0.4, 0.5) is 11.4 Å². The highest BCUT2D eigenvalue weighted by atomic mass is 16.6. The second-order valence-corrected chi connectivity index (χ2v) is 6.35. The van der Waals surface area contributed by atoms with Crippen molar-refractivity contribution in [1.82, 2.24) is 0 Å². The van der Waals surface area contributed by atoms with Gasteiger partial charge >= 0.3 is 5.97 Å². The zero-order valence-electron chi connectivity index (χ0n) is 16.3. The monoisotopic (exact) mass is 400 g/mol. The first-order valence-corrected chi connectivity index (χ1v) is 9.31. The number of rotatable bonds is 11. The van der Waals surface area contributed by atoms with Gasteiger partial charge < -0.3 is 14.8 Å². The molecule has 0 heterocycles. The van der Waals surface area contributed by atoms with Crippen LogP contribution in [0.2, 0.25) is 0 Å². The Hall–Kier alpha value is -3.42. The van der Waals surface area contributed by atoms with Crippen molar-refractivity contribution in [3.8, 4) is 5.75 Å². The first kappa shape index (κ1) is 21.9. The number of anilines is 1. The molecular formula is C21H24N2O6. The highest BCUT2D eigenvalue weighted by Gasteiger charge is 2.14. The summed E-state index contributed by atoms with van der Waals surface area (Å²) in [6.07, 6.45) is 2.11. The number of ether oxygens (including phenoxy) is 2. The number of carbonyl (C=O) groups excluding carboxylic acids is 2. The molecule has 29 heavy (non-hydrogen) atoms. The number of carbonyl (C=O) groups is 2. The van der Waals surface area contributed by atoms with Gasteiger partial charge in [-0.05, 0) is 30.9 Å². The predicted octanol–water partition coefficient (Wildman–Crippen LogP) is 3.89. The molecule has 0 bridgehead atoms. The maximum Gasteiger partial charge on any atom is 0.305 e. The predicted molar refractivity (Wildman–Crippen MR) is 108 cm³/mol. The van der Waals surface area contributed by atoms with Crippen molar-refractivity contribution in [3.63, 3.8) is 0 Å². The lowest BCUT2D eigenvalue weighted by Gasteiger charge is -2.10.